The summed E-state index contributed by atoms with van der Waals surface area (Å²) in [5, 5.41) is 0. The fourth-order valence-electron chi connectivity index (χ4n) is 1.35. The van der Waals surface area contributed by atoms with Gasteiger partial charge in [0.25, 0.3) is 0 Å². The quantitative estimate of drug-likeness (QED) is 0.615. The number of ether oxygens (including phenoxy) is 1. The molecular formula is C13H19O6P. The highest BCUT2D eigenvalue weighted by atomic mass is 31.2. The van der Waals surface area contributed by atoms with Crippen LogP contribution in [0, 0.1) is 0 Å². The maximum atomic E-state index is 11.6. The number of hydrogen-bond donors (Lipinski definition) is 1. The molecule has 0 aliphatic rings. The fraction of sp³-hybridized carbons (Fsp3) is 0.462. The summed E-state index contributed by atoms with van der Waals surface area (Å²) in [6.07, 6.45) is 0.307. The molecule has 7 heteroatoms. The molecule has 20 heavy (non-hydrogen) atoms. The Labute approximate surface area is 118 Å². The van der Waals surface area contributed by atoms with E-state index in [1.54, 1.807) is 13.8 Å². The van der Waals surface area contributed by atoms with Crippen LogP contribution in [0.2, 0.25) is 0 Å². The third-order valence-electron chi connectivity index (χ3n) is 2.09. The number of esters is 1. The molecule has 1 unspecified atom stereocenters. The molecule has 0 heterocycles. The minimum absolute atomic E-state index is 0.142. The highest BCUT2D eigenvalue weighted by Crippen LogP contribution is 2.44. The molecule has 0 aliphatic heterocycles. The molecule has 6 nitrogen and oxygen atoms in total. The summed E-state index contributed by atoms with van der Waals surface area (Å²) in [5.41, 5.74) is 0.350. The Kier molecular flexibility index (Phi) is 6.20. The summed E-state index contributed by atoms with van der Waals surface area (Å²) < 4.78 is 26.2. The number of carbonyl (C=O) groups excluding carboxylic acids is 1. The Hall–Kier alpha value is -1.36. The third-order valence-corrected chi connectivity index (χ3v) is 3.22. The summed E-state index contributed by atoms with van der Waals surface area (Å²) >= 11 is 0. The van der Waals surface area contributed by atoms with Gasteiger partial charge in [0.1, 0.15) is 5.75 Å². The Bertz CT molecular complexity index is 482. The first-order valence-corrected chi connectivity index (χ1v) is 7.81. The molecule has 0 saturated heterocycles. The molecule has 0 aromatic heterocycles. The lowest BCUT2D eigenvalue weighted by atomic mass is 10.2. The van der Waals surface area contributed by atoms with Crippen LogP contribution in [0.4, 0.5) is 0 Å². The zero-order valence-corrected chi connectivity index (χ0v) is 12.6. The van der Waals surface area contributed by atoms with Crippen LogP contribution < -0.4 is 4.52 Å². The fourth-order valence-corrected chi connectivity index (χ4v) is 2.32. The Morgan fingerprint density at radius 3 is 2.40 bits per heavy atom. The van der Waals surface area contributed by atoms with Crippen LogP contribution in [0.15, 0.2) is 24.3 Å². The molecule has 1 N–H and O–H groups in total. The van der Waals surface area contributed by atoms with Crippen molar-refractivity contribution < 1.29 is 28.0 Å². The topological polar surface area (TPSA) is 82.1 Å². The van der Waals surface area contributed by atoms with Crippen molar-refractivity contribution in [3.8, 4) is 5.75 Å². The summed E-state index contributed by atoms with van der Waals surface area (Å²) in [5.74, 6) is -0.299. The molecule has 1 rings (SSSR count). The van der Waals surface area contributed by atoms with E-state index >= 15 is 0 Å². The maximum Gasteiger partial charge on any atom is 0.527 e. The monoisotopic (exact) mass is 302 g/mol. The van der Waals surface area contributed by atoms with Gasteiger partial charge in [-0.05, 0) is 44.5 Å². The maximum absolute atomic E-state index is 11.6. The highest BCUT2D eigenvalue weighted by Gasteiger charge is 2.24. The molecule has 112 valence electrons. The van der Waals surface area contributed by atoms with E-state index < -0.39 is 19.9 Å². The average Bonchev–Trinajstić information content (AvgIpc) is 2.34. The number of phosphoric ester groups is 1. The summed E-state index contributed by atoms with van der Waals surface area (Å²) in [7, 11) is -4.14. The van der Waals surface area contributed by atoms with E-state index in [0.717, 1.165) is 6.42 Å². The molecule has 0 aliphatic carbocycles. The molecule has 1 aromatic carbocycles. The van der Waals surface area contributed by atoms with Crippen LogP contribution in [0.1, 0.15) is 37.6 Å². The van der Waals surface area contributed by atoms with Gasteiger partial charge in [-0.3, -0.25) is 9.42 Å². The van der Waals surface area contributed by atoms with Crippen molar-refractivity contribution in [2.45, 2.75) is 33.3 Å². The van der Waals surface area contributed by atoms with E-state index in [1.807, 2.05) is 6.92 Å². The predicted molar refractivity (Wildman–Crippen MR) is 73.7 cm³/mol. The van der Waals surface area contributed by atoms with Crippen molar-refractivity contribution in [1.29, 1.82) is 0 Å². The minimum atomic E-state index is -4.14. The molecule has 0 amide bonds. The number of benzene rings is 1. The Morgan fingerprint density at radius 2 is 1.90 bits per heavy atom. The molecule has 0 fully saturated rings. The van der Waals surface area contributed by atoms with E-state index in [1.165, 1.54) is 24.3 Å². The van der Waals surface area contributed by atoms with Crippen LogP contribution in [0.5, 0.6) is 5.75 Å². The molecule has 0 radical (unpaired) electrons. The Morgan fingerprint density at radius 1 is 1.30 bits per heavy atom. The lowest BCUT2D eigenvalue weighted by Crippen LogP contribution is -2.06. The van der Waals surface area contributed by atoms with Gasteiger partial charge in [-0.15, -0.1) is 0 Å². The van der Waals surface area contributed by atoms with Crippen molar-refractivity contribution >= 4 is 13.8 Å². The molecule has 0 saturated carbocycles. The van der Waals surface area contributed by atoms with E-state index in [4.69, 9.17) is 13.8 Å². The van der Waals surface area contributed by atoms with E-state index in [0.29, 0.717) is 12.2 Å². The van der Waals surface area contributed by atoms with Crippen LogP contribution in [-0.2, 0) is 13.8 Å². The van der Waals surface area contributed by atoms with E-state index in [9.17, 15) is 14.3 Å². The zero-order valence-electron chi connectivity index (χ0n) is 11.7. The van der Waals surface area contributed by atoms with Crippen LogP contribution in [0.3, 0.4) is 0 Å². The SMILES string of the molecule is CCCOC(=O)c1ccc(OP(=O)(O)OC(C)C)cc1. The van der Waals surface area contributed by atoms with Gasteiger partial charge in [-0.1, -0.05) is 6.92 Å². The normalized spacial score (nSPS) is 13.8. The van der Waals surface area contributed by atoms with Crippen LogP contribution in [-0.4, -0.2) is 23.6 Å². The molecule has 0 spiro atoms. The largest absolute Gasteiger partial charge is 0.527 e. The van der Waals surface area contributed by atoms with E-state index in [2.05, 4.69) is 0 Å². The van der Waals surface area contributed by atoms with Gasteiger partial charge in [0, 0.05) is 0 Å². The van der Waals surface area contributed by atoms with Crippen LogP contribution in [0.25, 0.3) is 0 Å². The second-order valence-corrected chi connectivity index (χ2v) is 5.70. The number of phosphoric acid groups is 1. The summed E-state index contributed by atoms with van der Waals surface area (Å²) in [4.78, 5) is 21.0. The highest BCUT2D eigenvalue weighted by molar-refractivity contribution is 7.47. The van der Waals surface area contributed by atoms with Gasteiger partial charge in [0.15, 0.2) is 0 Å². The van der Waals surface area contributed by atoms with Gasteiger partial charge in [-0.2, -0.15) is 0 Å². The number of hydrogen-bond acceptors (Lipinski definition) is 5. The van der Waals surface area contributed by atoms with Crippen LogP contribution >= 0.6 is 7.82 Å². The number of rotatable bonds is 7. The predicted octanol–water partition coefficient (Wildman–Crippen LogP) is 3.16. The van der Waals surface area contributed by atoms with Crippen molar-refractivity contribution in [3.05, 3.63) is 29.8 Å². The van der Waals surface area contributed by atoms with Crippen molar-refractivity contribution in [2.75, 3.05) is 6.61 Å². The van der Waals surface area contributed by atoms with E-state index in [-0.39, 0.29) is 5.75 Å². The standard InChI is InChI=1S/C13H19O6P/c1-4-9-17-13(14)11-5-7-12(8-6-11)19-20(15,16)18-10(2)3/h5-8,10H,4,9H2,1-3H3,(H,15,16). The Balaban J connectivity index is 2.67. The summed E-state index contributed by atoms with van der Waals surface area (Å²) in [6, 6.07) is 5.75. The first kappa shape index (κ1) is 16.7. The van der Waals surface area contributed by atoms with Crippen molar-refractivity contribution in [3.63, 3.8) is 0 Å². The van der Waals surface area contributed by atoms with Crippen molar-refractivity contribution in [2.24, 2.45) is 0 Å². The van der Waals surface area contributed by atoms with Gasteiger partial charge in [-0.25, -0.2) is 9.36 Å². The smallest absolute Gasteiger partial charge is 0.462 e. The third kappa shape index (κ3) is 5.74. The molecule has 0 bridgehead atoms. The molecule has 1 aromatic rings. The molecular weight excluding hydrogens is 283 g/mol. The zero-order chi connectivity index (χ0) is 15.2. The first-order valence-electron chi connectivity index (χ1n) is 6.32. The van der Waals surface area contributed by atoms with Crippen molar-refractivity contribution in [1.82, 2.24) is 0 Å². The second kappa shape index (κ2) is 7.43. The van der Waals surface area contributed by atoms with Gasteiger partial charge < -0.3 is 9.26 Å². The summed E-state index contributed by atoms with van der Waals surface area (Å²) in [6.45, 7) is 5.50. The van der Waals surface area contributed by atoms with Gasteiger partial charge in [0.2, 0.25) is 0 Å². The average molecular weight is 302 g/mol. The van der Waals surface area contributed by atoms with Gasteiger partial charge >= 0.3 is 13.8 Å². The lowest BCUT2D eigenvalue weighted by molar-refractivity contribution is 0.0505. The van der Waals surface area contributed by atoms with Gasteiger partial charge in [0.05, 0.1) is 18.3 Å². The second-order valence-electron chi connectivity index (χ2n) is 4.37. The minimum Gasteiger partial charge on any atom is -0.462 e. The molecule has 1 atom stereocenters. The number of carbonyl (C=O) groups is 1. The lowest BCUT2D eigenvalue weighted by Gasteiger charge is -2.15. The first-order chi connectivity index (χ1) is 9.34.